The number of pyridine rings is 1. The standard InChI is InChI=1S/C13H20N2O3/c1-10(2)6-8-18-9-7-14-12-5-3-4-11(15-12)13(16)17/h3-5,10H,6-9H2,1-2H3,(H,14,15)(H,16,17). The van der Waals surface area contributed by atoms with Crippen LogP contribution in [0.15, 0.2) is 18.2 Å². The largest absolute Gasteiger partial charge is 0.477 e. The highest BCUT2D eigenvalue weighted by atomic mass is 16.5. The minimum Gasteiger partial charge on any atom is -0.477 e. The van der Waals surface area contributed by atoms with Crippen molar-refractivity contribution in [2.75, 3.05) is 25.1 Å². The average molecular weight is 252 g/mol. The molecule has 0 bridgehead atoms. The fraction of sp³-hybridized carbons (Fsp3) is 0.538. The number of nitrogens with zero attached hydrogens (tertiary/aromatic N) is 1. The summed E-state index contributed by atoms with van der Waals surface area (Å²) in [7, 11) is 0. The Labute approximate surface area is 107 Å². The smallest absolute Gasteiger partial charge is 0.354 e. The minimum atomic E-state index is -1.02. The molecule has 1 rings (SSSR count). The van der Waals surface area contributed by atoms with Crippen LogP contribution in [-0.2, 0) is 4.74 Å². The van der Waals surface area contributed by atoms with Crippen molar-refractivity contribution in [2.24, 2.45) is 5.92 Å². The van der Waals surface area contributed by atoms with Crippen LogP contribution in [0.5, 0.6) is 0 Å². The first-order valence-electron chi connectivity index (χ1n) is 6.11. The van der Waals surface area contributed by atoms with E-state index in [2.05, 4.69) is 24.1 Å². The van der Waals surface area contributed by atoms with Crippen molar-refractivity contribution < 1.29 is 14.6 Å². The normalized spacial score (nSPS) is 10.6. The van der Waals surface area contributed by atoms with Gasteiger partial charge in [0.2, 0.25) is 0 Å². The molecule has 0 saturated heterocycles. The van der Waals surface area contributed by atoms with Crippen molar-refractivity contribution in [3.05, 3.63) is 23.9 Å². The SMILES string of the molecule is CC(C)CCOCCNc1cccc(C(=O)O)n1. The van der Waals surface area contributed by atoms with Gasteiger partial charge in [-0.3, -0.25) is 0 Å². The number of carboxylic acid groups (broad SMARTS) is 1. The highest BCUT2D eigenvalue weighted by Gasteiger charge is 2.04. The quantitative estimate of drug-likeness (QED) is 0.694. The first-order valence-corrected chi connectivity index (χ1v) is 6.11. The lowest BCUT2D eigenvalue weighted by Crippen LogP contribution is -2.12. The molecule has 5 nitrogen and oxygen atoms in total. The Balaban J connectivity index is 2.23. The first kappa shape index (κ1) is 14.4. The third-order valence-corrected chi connectivity index (χ3v) is 2.36. The molecule has 1 aromatic heterocycles. The van der Waals surface area contributed by atoms with E-state index in [0.29, 0.717) is 24.9 Å². The molecule has 0 aliphatic carbocycles. The van der Waals surface area contributed by atoms with Gasteiger partial charge in [0.15, 0.2) is 5.69 Å². The lowest BCUT2D eigenvalue weighted by Gasteiger charge is -2.08. The Bertz CT molecular complexity index is 380. The Morgan fingerprint density at radius 3 is 2.89 bits per heavy atom. The number of hydrogen-bond donors (Lipinski definition) is 2. The van der Waals surface area contributed by atoms with Gasteiger partial charge in [-0.1, -0.05) is 19.9 Å². The van der Waals surface area contributed by atoms with E-state index in [0.717, 1.165) is 13.0 Å². The first-order chi connectivity index (χ1) is 8.59. The number of rotatable bonds is 8. The second-order valence-corrected chi connectivity index (χ2v) is 4.43. The van der Waals surface area contributed by atoms with Crippen molar-refractivity contribution in [1.82, 2.24) is 4.98 Å². The monoisotopic (exact) mass is 252 g/mol. The molecule has 0 radical (unpaired) electrons. The summed E-state index contributed by atoms with van der Waals surface area (Å²) < 4.78 is 5.44. The zero-order valence-electron chi connectivity index (χ0n) is 10.8. The van der Waals surface area contributed by atoms with Crippen LogP contribution in [-0.4, -0.2) is 35.8 Å². The number of carbonyl (C=O) groups is 1. The molecule has 0 spiro atoms. The zero-order chi connectivity index (χ0) is 13.4. The molecule has 0 saturated carbocycles. The van der Waals surface area contributed by atoms with E-state index in [4.69, 9.17) is 9.84 Å². The molecule has 1 heterocycles. The van der Waals surface area contributed by atoms with Crippen LogP contribution in [0, 0.1) is 5.92 Å². The van der Waals surface area contributed by atoms with E-state index in [1.807, 2.05) is 0 Å². The molecular formula is C13H20N2O3. The Kier molecular flexibility index (Phi) is 6.14. The number of carboxylic acids is 1. The number of nitrogens with one attached hydrogen (secondary N) is 1. The summed E-state index contributed by atoms with van der Waals surface area (Å²) in [6, 6.07) is 4.87. The maximum absolute atomic E-state index is 10.7. The van der Waals surface area contributed by atoms with E-state index in [-0.39, 0.29) is 5.69 Å². The lowest BCUT2D eigenvalue weighted by atomic mass is 10.1. The van der Waals surface area contributed by atoms with Gasteiger partial charge in [-0.05, 0) is 24.5 Å². The summed E-state index contributed by atoms with van der Waals surface area (Å²) in [5, 5.41) is 11.8. The molecule has 2 N–H and O–H groups in total. The topological polar surface area (TPSA) is 71.5 Å². The van der Waals surface area contributed by atoms with E-state index < -0.39 is 5.97 Å². The number of aromatic nitrogens is 1. The van der Waals surface area contributed by atoms with Crippen LogP contribution in [0.1, 0.15) is 30.8 Å². The molecule has 0 aliphatic rings. The summed E-state index contributed by atoms with van der Waals surface area (Å²) in [4.78, 5) is 14.7. The number of aromatic carboxylic acids is 1. The number of ether oxygens (including phenoxy) is 1. The minimum absolute atomic E-state index is 0.0423. The molecule has 5 heteroatoms. The van der Waals surface area contributed by atoms with Gasteiger partial charge in [-0.2, -0.15) is 0 Å². The second kappa shape index (κ2) is 7.66. The van der Waals surface area contributed by atoms with Gasteiger partial charge in [0.25, 0.3) is 0 Å². The molecule has 0 aromatic carbocycles. The van der Waals surface area contributed by atoms with Crippen molar-refractivity contribution in [3.63, 3.8) is 0 Å². The van der Waals surface area contributed by atoms with Gasteiger partial charge in [-0.15, -0.1) is 0 Å². The molecular weight excluding hydrogens is 232 g/mol. The molecule has 1 aromatic rings. The molecule has 100 valence electrons. The number of anilines is 1. The predicted octanol–water partition coefficient (Wildman–Crippen LogP) is 2.25. The average Bonchev–Trinajstić information content (AvgIpc) is 2.33. The summed E-state index contributed by atoms with van der Waals surface area (Å²) in [5.41, 5.74) is 0.0423. The highest BCUT2D eigenvalue weighted by Crippen LogP contribution is 2.04. The van der Waals surface area contributed by atoms with Crippen LogP contribution >= 0.6 is 0 Å². The van der Waals surface area contributed by atoms with Crippen molar-refractivity contribution >= 4 is 11.8 Å². The van der Waals surface area contributed by atoms with Crippen LogP contribution in [0.4, 0.5) is 5.82 Å². The van der Waals surface area contributed by atoms with Gasteiger partial charge in [-0.25, -0.2) is 9.78 Å². The molecule has 18 heavy (non-hydrogen) atoms. The van der Waals surface area contributed by atoms with Gasteiger partial charge >= 0.3 is 5.97 Å². The van der Waals surface area contributed by atoms with Gasteiger partial charge < -0.3 is 15.2 Å². The summed E-state index contributed by atoms with van der Waals surface area (Å²) >= 11 is 0. The number of hydrogen-bond acceptors (Lipinski definition) is 4. The maximum Gasteiger partial charge on any atom is 0.354 e. The van der Waals surface area contributed by atoms with Crippen molar-refractivity contribution in [2.45, 2.75) is 20.3 Å². The third-order valence-electron chi connectivity index (χ3n) is 2.36. The summed E-state index contributed by atoms with van der Waals surface area (Å²) in [5.74, 6) is 0.182. The molecule has 0 unspecified atom stereocenters. The van der Waals surface area contributed by atoms with Gasteiger partial charge in [0, 0.05) is 13.2 Å². The fourth-order valence-corrected chi connectivity index (χ4v) is 1.32. The van der Waals surface area contributed by atoms with E-state index in [1.54, 1.807) is 12.1 Å². The maximum atomic E-state index is 10.7. The summed E-state index contributed by atoms with van der Waals surface area (Å²) in [6.07, 6.45) is 1.05. The van der Waals surface area contributed by atoms with E-state index in [1.165, 1.54) is 6.07 Å². The van der Waals surface area contributed by atoms with Crippen LogP contribution in [0.25, 0.3) is 0 Å². The highest BCUT2D eigenvalue weighted by molar-refractivity contribution is 5.85. The zero-order valence-corrected chi connectivity index (χ0v) is 10.8. The summed E-state index contributed by atoms with van der Waals surface area (Å²) in [6.45, 7) is 6.27. The Hall–Kier alpha value is -1.62. The van der Waals surface area contributed by atoms with Gasteiger partial charge in [0.05, 0.1) is 6.61 Å². The third kappa shape index (κ3) is 5.63. The van der Waals surface area contributed by atoms with Crippen molar-refractivity contribution in [3.8, 4) is 0 Å². The van der Waals surface area contributed by atoms with E-state index in [9.17, 15) is 4.79 Å². The van der Waals surface area contributed by atoms with Crippen LogP contribution in [0.3, 0.4) is 0 Å². The van der Waals surface area contributed by atoms with Crippen LogP contribution < -0.4 is 5.32 Å². The molecule has 0 fully saturated rings. The van der Waals surface area contributed by atoms with Crippen molar-refractivity contribution in [1.29, 1.82) is 0 Å². The molecule has 0 amide bonds. The van der Waals surface area contributed by atoms with Gasteiger partial charge in [0.1, 0.15) is 5.82 Å². The Morgan fingerprint density at radius 1 is 1.44 bits per heavy atom. The fourth-order valence-electron chi connectivity index (χ4n) is 1.32. The Morgan fingerprint density at radius 2 is 2.22 bits per heavy atom. The lowest BCUT2D eigenvalue weighted by molar-refractivity contribution is 0.0690. The predicted molar refractivity (Wildman–Crippen MR) is 70.0 cm³/mol. The molecule has 0 aliphatic heterocycles. The second-order valence-electron chi connectivity index (χ2n) is 4.43. The van der Waals surface area contributed by atoms with Crippen LogP contribution in [0.2, 0.25) is 0 Å². The molecule has 0 atom stereocenters. The van der Waals surface area contributed by atoms with E-state index >= 15 is 0 Å².